The zero-order valence-electron chi connectivity index (χ0n) is 15.0. The summed E-state index contributed by atoms with van der Waals surface area (Å²) in [6.45, 7) is 0.278. The van der Waals surface area contributed by atoms with Crippen molar-refractivity contribution in [3.63, 3.8) is 0 Å². The van der Waals surface area contributed by atoms with E-state index in [1.165, 1.54) is 35.6 Å². The minimum Gasteiger partial charge on any atom is -0.454 e. The Labute approximate surface area is 163 Å². The van der Waals surface area contributed by atoms with Crippen LogP contribution in [0.3, 0.4) is 0 Å². The van der Waals surface area contributed by atoms with Crippen LogP contribution in [0.15, 0.2) is 41.9 Å². The molecule has 6 nitrogen and oxygen atoms in total. The summed E-state index contributed by atoms with van der Waals surface area (Å²) in [5.74, 6) is -1.15. The van der Waals surface area contributed by atoms with E-state index in [0.717, 1.165) is 10.8 Å². The molecular weight excluding hydrogens is 390 g/mol. The van der Waals surface area contributed by atoms with E-state index < -0.39 is 19.2 Å². The Morgan fingerprint density at radius 2 is 1.93 bits per heavy atom. The second-order valence-electron chi connectivity index (χ2n) is 5.84. The Morgan fingerprint density at radius 1 is 1.21 bits per heavy atom. The first-order valence-electron chi connectivity index (χ1n) is 8.21. The molecule has 0 N–H and O–H groups in total. The Bertz CT molecular complexity index is 982. The number of esters is 1. The van der Waals surface area contributed by atoms with E-state index in [-0.39, 0.29) is 17.1 Å². The van der Waals surface area contributed by atoms with Crippen LogP contribution < -0.4 is 4.74 Å². The molecule has 2 heterocycles. The van der Waals surface area contributed by atoms with Gasteiger partial charge in [0, 0.05) is 28.5 Å². The van der Waals surface area contributed by atoms with Crippen LogP contribution >= 0.6 is 11.3 Å². The van der Waals surface area contributed by atoms with Crippen molar-refractivity contribution in [1.29, 1.82) is 0 Å². The first-order valence-corrected chi connectivity index (χ1v) is 9.09. The van der Waals surface area contributed by atoms with E-state index in [0.29, 0.717) is 11.3 Å². The van der Waals surface area contributed by atoms with Crippen molar-refractivity contribution in [2.75, 3.05) is 6.61 Å². The normalized spacial score (nSPS) is 10.9. The van der Waals surface area contributed by atoms with Crippen LogP contribution in [0.1, 0.15) is 32.1 Å². The summed E-state index contributed by atoms with van der Waals surface area (Å²) in [5, 5.41) is 2.59. The highest BCUT2D eigenvalue weighted by molar-refractivity contribution is 7.12. The minimum atomic E-state index is -2.95. The second-order valence-corrected chi connectivity index (χ2v) is 6.71. The van der Waals surface area contributed by atoms with Gasteiger partial charge in [0.1, 0.15) is 5.75 Å². The zero-order chi connectivity index (χ0) is 20.3. The molecule has 1 aromatic carbocycles. The number of hydrogen-bond donors (Lipinski definition) is 0. The van der Waals surface area contributed by atoms with Gasteiger partial charge in [-0.3, -0.25) is 9.36 Å². The number of ether oxygens (including phenoxy) is 2. The smallest absolute Gasteiger partial charge is 0.387 e. The number of carbonyl (C=O) groups is 2. The number of carbonyl (C=O) groups excluding carboxylic acids is 2. The number of rotatable bonds is 7. The third-order valence-electron chi connectivity index (χ3n) is 3.99. The minimum absolute atomic E-state index is 0.0720. The molecule has 0 bridgehead atoms. The number of hydrogen-bond acceptors (Lipinski definition) is 6. The average Bonchev–Trinajstić information content (AvgIpc) is 3.27. The van der Waals surface area contributed by atoms with Crippen LogP contribution in [-0.2, 0) is 4.74 Å². The van der Waals surface area contributed by atoms with Gasteiger partial charge in [-0.05, 0) is 44.2 Å². The largest absolute Gasteiger partial charge is 0.454 e. The molecule has 0 aliphatic carbocycles. The number of Topliss-reactive ketones (excluding diaryl/α,β-unsaturated/α-hetero) is 1. The first-order chi connectivity index (χ1) is 13.4. The quantitative estimate of drug-likeness (QED) is 0.435. The summed E-state index contributed by atoms with van der Waals surface area (Å²) in [4.78, 5) is 28.8. The monoisotopic (exact) mass is 406 g/mol. The van der Waals surface area contributed by atoms with Crippen LogP contribution in [-0.4, -0.2) is 34.5 Å². The first kappa shape index (κ1) is 19.7. The maximum atomic E-state index is 12.5. The number of halogens is 2. The Balaban J connectivity index is 1.66. The van der Waals surface area contributed by atoms with Gasteiger partial charge in [0.15, 0.2) is 11.7 Å². The topological polar surface area (TPSA) is 70.4 Å². The van der Waals surface area contributed by atoms with Crippen molar-refractivity contribution in [2.45, 2.75) is 20.5 Å². The summed E-state index contributed by atoms with van der Waals surface area (Å²) in [6, 6.07) is 6.76. The highest BCUT2D eigenvalue weighted by Gasteiger charge is 2.19. The van der Waals surface area contributed by atoms with Crippen molar-refractivity contribution < 1.29 is 27.8 Å². The molecule has 0 atom stereocenters. The number of alkyl halides is 2. The fourth-order valence-corrected chi connectivity index (χ4v) is 3.48. The molecule has 9 heteroatoms. The van der Waals surface area contributed by atoms with Crippen molar-refractivity contribution in [3.8, 4) is 10.9 Å². The molecule has 3 aromatic rings. The number of nitrogens with zero attached hydrogens (tertiary/aromatic N) is 2. The molecule has 0 aliphatic rings. The van der Waals surface area contributed by atoms with E-state index in [9.17, 15) is 18.4 Å². The van der Waals surface area contributed by atoms with Gasteiger partial charge in [0.2, 0.25) is 5.78 Å². The fraction of sp³-hybridized carbons (Fsp3) is 0.211. The van der Waals surface area contributed by atoms with E-state index in [1.807, 2.05) is 16.9 Å². The van der Waals surface area contributed by atoms with E-state index in [1.54, 1.807) is 19.2 Å². The van der Waals surface area contributed by atoms with Gasteiger partial charge in [0.25, 0.3) is 0 Å². The van der Waals surface area contributed by atoms with Crippen LogP contribution in [0.5, 0.6) is 5.75 Å². The Morgan fingerprint density at radius 3 is 2.54 bits per heavy atom. The van der Waals surface area contributed by atoms with Crippen molar-refractivity contribution >= 4 is 23.1 Å². The molecule has 0 saturated carbocycles. The van der Waals surface area contributed by atoms with Gasteiger partial charge in [-0.15, -0.1) is 11.3 Å². The summed E-state index contributed by atoms with van der Waals surface area (Å²) in [7, 11) is 0. The van der Waals surface area contributed by atoms with Crippen LogP contribution in [0.25, 0.3) is 5.13 Å². The third-order valence-corrected chi connectivity index (χ3v) is 4.75. The van der Waals surface area contributed by atoms with Crippen LogP contribution in [0.2, 0.25) is 0 Å². The van der Waals surface area contributed by atoms with E-state index in [4.69, 9.17) is 4.74 Å². The molecular formula is C19H16F2N2O4S. The maximum absolute atomic E-state index is 12.5. The lowest BCUT2D eigenvalue weighted by Gasteiger charge is -2.07. The molecule has 0 unspecified atom stereocenters. The standard InChI is InChI=1S/C19H16F2N2O4S/c1-11-9-15(12(2)23(11)19-22-7-8-28-19)16(24)10-26-17(25)13-3-5-14(6-4-13)27-18(20)21/h3-9,18H,10H2,1-2H3. The number of thiazole rings is 1. The summed E-state index contributed by atoms with van der Waals surface area (Å²) in [6.07, 6.45) is 1.68. The van der Waals surface area contributed by atoms with Gasteiger partial charge >= 0.3 is 12.6 Å². The predicted octanol–water partition coefficient (Wildman–Crippen LogP) is 4.19. The molecule has 0 fully saturated rings. The lowest BCUT2D eigenvalue weighted by Crippen LogP contribution is -2.15. The molecule has 2 aromatic heterocycles. The van der Waals surface area contributed by atoms with Gasteiger partial charge in [0.05, 0.1) is 5.56 Å². The fourth-order valence-electron chi connectivity index (χ4n) is 2.73. The molecule has 28 heavy (non-hydrogen) atoms. The van der Waals surface area contributed by atoms with Crippen LogP contribution in [0, 0.1) is 13.8 Å². The lowest BCUT2D eigenvalue weighted by atomic mass is 10.1. The molecule has 0 spiro atoms. The average molecular weight is 406 g/mol. The lowest BCUT2D eigenvalue weighted by molar-refractivity contribution is -0.0498. The zero-order valence-corrected chi connectivity index (χ0v) is 15.8. The van der Waals surface area contributed by atoms with Gasteiger partial charge in [-0.1, -0.05) is 0 Å². The van der Waals surface area contributed by atoms with Gasteiger partial charge < -0.3 is 9.47 Å². The van der Waals surface area contributed by atoms with Gasteiger partial charge in [-0.2, -0.15) is 8.78 Å². The number of aromatic nitrogens is 2. The molecule has 0 aliphatic heterocycles. The summed E-state index contributed by atoms with van der Waals surface area (Å²) >= 11 is 1.45. The van der Waals surface area contributed by atoms with E-state index >= 15 is 0 Å². The highest BCUT2D eigenvalue weighted by atomic mass is 32.1. The van der Waals surface area contributed by atoms with Crippen molar-refractivity contribution in [3.05, 3.63) is 64.4 Å². The van der Waals surface area contributed by atoms with Crippen molar-refractivity contribution in [2.24, 2.45) is 0 Å². The second kappa shape index (κ2) is 8.30. The highest BCUT2D eigenvalue weighted by Crippen LogP contribution is 2.23. The Hall–Kier alpha value is -3.07. The van der Waals surface area contributed by atoms with Crippen LogP contribution in [0.4, 0.5) is 8.78 Å². The Kier molecular flexibility index (Phi) is 5.84. The SMILES string of the molecule is Cc1cc(C(=O)COC(=O)c2ccc(OC(F)F)cc2)c(C)n1-c1nccs1. The number of benzene rings is 1. The third kappa shape index (κ3) is 4.25. The predicted molar refractivity (Wildman–Crippen MR) is 98.6 cm³/mol. The molecule has 0 saturated heterocycles. The molecule has 3 rings (SSSR count). The molecule has 0 amide bonds. The maximum Gasteiger partial charge on any atom is 0.387 e. The molecule has 146 valence electrons. The summed E-state index contributed by atoms with van der Waals surface area (Å²) < 4.78 is 35.4. The molecule has 0 radical (unpaired) electrons. The number of ketones is 1. The van der Waals surface area contributed by atoms with Crippen molar-refractivity contribution in [1.82, 2.24) is 9.55 Å². The van der Waals surface area contributed by atoms with E-state index in [2.05, 4.69) is 9.72 Å². The number of aryl methyl sites for hydroxylation is 1. The van der Waals surface area contributed by atoms with Gasteiger partial charge in [-0.25, -0.2) is 9.78 Å². The summed E-state index contributed by atoms with van der Waals surface area (Å²) in [5.41, 5.74) is 2.13.